The lowest BCUT2D eigenvalue weighted by Crippen LogP contribution is -2.47. The normalized spacial score (nSPS) is 18.7. The van der Waals surface area contributed by atoms with Crippen molar-refractivity contribution in [2.24, 2.45) is 11.8 Å². The summed E-state index contributed by atoms with van der Waals surface area (Å²) in [6.07, 6.45) is 2.84. The van der Waals surface area contributed by atoms with Gasteiger partial charge in [0.25, 0.3) is 0 Å². The smallest absolute Gasteiger partial charge is 0.308 e. The number of carbonyl (C=O) groups is 3. The summed E-state index contributed by atoms with van der Waals surface area (Å²) < 4.78 is 0. The third-order valence-corrected chi connectivity index (χ3v) is 4.21. The van der Waals surface area contributed by atoms with Gasteiger partial charge in [-0.15, -0.1) is 0 Å². The van der Waals surface area contributed by atoms with E-state index in [9.17, 15) is 14.4 Å². The number of carboxylic acids is 1. The highest BCUT2D eigenvalue weighted by molar-refractivity contribution is 5.86. The Kier molecular flexibility index (Phi) is 6.65. The Morgan fingerprint density at radius 3 is 2.43 bits per heavy atom. The summed E-state index contributed by atoms with van der Waals surface area (Å²) in [6.45, 7) is 4.78. The van der Waals surface area contributed by atoms with Crippen LogP contribution < -0.4 is 0 Å². The molecule has 1 fully saturated rings. The van der Waals surface area contributed by atoms with Gasteiger partial charge in [0.2, 0.25) is 11.8 Å². The van der Waals surface area contributed by atoms with Crippen LogP contribution in [0.4, 0.5) is 0 Å². The summed E-state index contributed by atoms with van der Waals surface area (Å²) in [7, 11) is 1.64. The van der Waals surface area contributed by atoms with Crippen LogP contribution in [0.1, 0.15) is 39.5 Å². The highest BCUT2D eigenvalue weighted by Gasteiger charge is 2.29. The number of hydrogen-bond donors (Lipinski definition) is 1. The van der Waals surface area contributed by atoms with Crippen molar-refractivity contribution in [3.05, 3.63) is 0 Å². The molecule has 6 heteroatoms. The number of rotatable bonds is 6. The number of likely N-dealkylation sites (tertiary alicyclic amines) is 1. The zero-order valence-electron chi connectivity index (χ0n) is 13.2. The number of aliphatic carboxylic acids is 1. The molecule has 1 heterocycles. The van der Waals surface area contributed by atoms with E-state index >= 15 is 0 Å². The molecular weight excluding hydrogens is 272 g/mol. The van der Waals surface area contributed by atoms with Crippen LogP contribution in [0.2, 0.25) is 0 Å². The molecule has 120 valence electrons. The maximum Gasteiger partial charge on any atom is 0.308 e. The second-order valence-corrected chi connectivity index (χ2v) is 5.72. The van der Waals surface area contributed by atoms with Crippen molar-refractivity contribution in [1.29, 1.82) is 0 Å². The molecule has 0 aromatic rings. The number of likely N-dealkylation sites (N-methyl/N-ethyl adjacent to an activating group) is 1. The van der Waals surface area contributed by atoms with Crippen LogP contribution in [0.5, 0.6) is 0 Å². The van der Waals surface area contributed by atoms with Crippen molar-refractivity contribution in [1.82, 2.24) is 9.80 Å². The topological polar surface area (TPSA) is 77.9 Å². The molecule has 6 nitrogen and oxygen atoms in total. The third kappa shape index (κ3) is 4.72. The standard InChI is InChI=1S/C15H26N2O4/c1-4-11(5-2)14(19)16(3)10-13(18)17-8-6-7-12(9-17)15(20)21/h11-12H,4-10H2,1-3H3,(H,20,21). The molecule has 0 bridgehead atoms. The van der Waals surface area contributed by atoms with Crippen molar-refractivity contribution in [3.63, 3.8) is 0 Å². The minimum atomic E-state index is -0.853. The van der Waals surface area contributed by atoms with Gasteiger partial charge in [0.1, 0.15) is 0 Å². The van der Waals surface area contributed by atoms with Gasteiger partial charge < -0.3 is 14.9 Å². The lowest BCUT2D eigenvalue weighted by atomic mass is 9.98. The summed E-state index contributed by atoms with van der Waals surface area (Å²) in [5, 5.41) is 9.04. The molecule has 0 spiro atoms. The number of piperidine rings is 1. The lowest BCUT2D eigenvalue weighted by Gasteiger charge is -2.32. The summed E-state index contributed by atoms with van der Waals surface area (Å²) >= 11 is 0. The minimum absolute atomic E-state index is 0.0138. The summed E-state index contributed by atoms with van der Waals surface area (Å²) in [5.74, 6) is -1.56. The maximum absolute atomic E-state index is 12.2. The van der Waals surface area contributed by atoms with Gasteiger partial charge in [0, 0.05) is 26.1 Å². The molecule has 2 amide bonds. The Hall–Kier alpha value is -1.59. The zero-order chi connectivity index (χ0) is 16.0. The fourth-order valence-electron chi connectivity index (χ4n) is 2.74. The highest BCUT2D eigenvalue weighted by Crippen LogP contribution is 2.17. The van der Waals surface area contributed by atoms with Gasteiger partial charge in [-0.05, 0) is 25.7 Å². The molecule has 1 rings (SSSR count). The van der Waals surface area contributed by atoms with E-state index in [0.717, 1.165) is 12.8 Å². The van der Waals surface area contributed by atoms with Crippen LogP contribution in [0.3, 0.4) is 0 Å². The van der Waals surface area contributed by atoms with Gasteiger partial charge in [-0.2, -0.15) is 0 Å². The molecule has 1 aliphatic heterocycles. The van der Waals surface area contributed by atoms with Crippen molar-refractivity contribution in [3.8, 4) is 0 Å². The van der Waals surface area contributed by atoms with Crippen LogP contribution in [-0.4, -0.2) is 59.4 Å². The molecule has 0 aromatic heterocycles. The minimum Gasteiger partial charge on any atom is -0.481 e. The Morgan fingerprint density at radius 2 is 1.90 bits per heavy atom. The molecular formula is C15H26N2O4. The Morgan fingerprint density at radius 1 is 1.29 bits per heavy atom. The third-order valence-electron chi connectivity index (χ3n) is 4.21. The Bertz CT molecular complexity index is 393. The predicted octanol–water partition coefficient (Wildman–Crippen LogP) is 1.20. The lowest BCUT2D eigenvalue weighted by molar-refractivity contribution is -0.148. The first-order valence-corrected chi connectivity index (χ1v) is 7.66. The molecule has 1 saturated heterocycles. The maximum atomic E-state index is 12.2. The van der Waals surface area contributed by atoms with E-state index in [1.807, 2.05) is 13.8 Å². The Labute approximate surface area is 126 Å². The van der Waals surface area contributed by atoms with Crippen molar-refractivity contribution < 1.29 is 19.5 Å². The fraction of sp³-hybridized carbons (Fsp3) is 0.800. The van der Waals surface area contributed by atoms with E-state index in [1.54, 1.807) is 11.9 Å². The Balaban J connectivity index is 2.55. The van der Waals surface area contributed by atoms with E-state index in [2.05, 4.69) is 0 Å². The summed E-state index contributed by atoms with van der Waals surface area (Å²) in [4.78, 5) is 38.4. The van der Waals surface area contributed by atoms with Crippen LogP contribution in [0.15, 0.2) is 0 Å². The van der Waals surface area contributed by atoms with Gasteiger partial charge in [-0.1, -0.05) is 13.8 Å². The predicted molar refractivity (Wildman–Crippen MR) is 78.6 cm³/mol. The molecule has 21 heavy (non-hydrogen) atoms. The van der Waals surface area contributed by atoms with Gasteiger partial charge in [-0.3, -0.25) is 14.4 Å². The molecule has 0 aromatic carbocycles. The first-order valence-electron chi connectivity index (χ1n) is 7.66. The van der Waals surface area contributed by atoms with Crippen molar-refractivity contribution in [2.45, 2.75) is 39.5 Å². The highest BCUT2D eigenvalue weighted by atomic mass is 16.4. The molecule has 0 radical (unpaired) electrons. The second-order valence-electron chi connectivity index (χ2n) is 5.72. The van der Waals surface area contributed by atoms with Crippen molar-refractivity contribution >= 4 is 17.8 Å². The van der Waals surface area contributed by atoms with Crippen LogP contribution in [0, 0.1) is 11.8 Å². The summed E-state index contributed by atoms with van der Waals surface area (Å²) in [6, 6.07) is 0. The first-order chi connectivity index (χ1) is 9.90. The molecule has 0 aliphatic carbocycles. The molecule has 1 aliphatic rings. The molecule has 0 saturated carbocycles. The van der Waals surface area contributed by atoms with Crippen LogP contribution in [0.25, 0.3) is 0 Å². The average Bonchev–Trinajstić information content (AvgIpc) is 2.48. The SMILES string of the molecule is CCC(CC)C(=O)N(C)CC(=O)N1CCCC(C(=O)O)C1. The number of carboxylic acid groups (broad SMARTS) is 1. The quantitative estimate of drug-likeness (QED) is 0.799. The number of hydrogen-bond acceptors (Lipinski definition) is 3. The summed E-state index contributed by atoms with van der Waals surface area (Å²) in [5.41, 5.74) is 0. The van der Waals surface area contributed by atoms with E-state index in [-0.39, 0.29) is 30.8 Å². The van der Waals surface area contributed by atoms with E-state index in [0.29, 0.717) is 19.4 Å². The van der Waals surface area contributed by atoms with E-state index < -0.39 is 11.9 Å². The number of nitrogens with zero attached hydrogens (tertiary/aromatic N) is 2. The second kappa shape index (κ2) is 8.00. The van der Waals surface area contributed by atoms with Crippen LogP contribution >= 0.6 is 0 Å². The molecule has 1 N–H and O–H groups in total. The van der Waals surface area contributed by atoms with Crippen molar-refractivity contribution in [2.75, 3.05) is 26.7 Å². The van der Waals surface area contributed by atoms with Crippen LogP contribution in [-0.2, 0) is 14.4 Å². The first kappa shape index (κ1) is 17.5. The van der Waals surface area contributed by atoms with Gasteiger partial charge in [0.05, 0.1) is 12.5 Å². The van der Waals surface area contributed by atoms with Gasteiger partial charge in [0.15, 0.2) is 0 Å². The fourth-order valence-corrected chi connectivity index (χ4v) is 2.74. The average molecular weight is 298 g/mol. The zero-order valence-corrected chi connectivity index (χ0v) is 13.2. The molecule has 1 atom stereocenters. The monoisotopic (exact) mass is 298 g/mol. The van der Waals surface area contributed by atoms with E-state index in [1.165, 1.54) is 4.90 Å². The molecule has 1 unspecified atom stereocenters. The van der Waals surface area contributed by atoms with Gasteiger partial charge in [-0.25, -0.2) is 0 Å². The number of carbonyl (C=O) groups excluding carboxylic acids is 2. The number of amides is 2. The largest absolute Gasteiger partial charge is 0.481 e. The van der Waals surface area contributed by atoms with E-state index in [4.69, 9.17) is 5.11 Å². The van der Waals surface area contributed by atoms with Gasteiger partial charge >= 0.3 is 5.97 Å².